The van der Waals surface area contributed by atoms with Crippen LogP contribution in [0.5, 0.6) is 28.7 Å². The maximum absolute atomic E-state index is 14.8. The van der Waals surface area contributed by atoms with Gasteiger partial charge in [-0.15, -0.1) is 6.58 Å². The lowest BCUT2D eigenvalue weighted by molar-refractivity contribution is -0.384. The Kier molecular flexibility index (Phi) is 13.4. The van der Waals surface area contributed by atoms with Crippen molar-refractivity contribution in [1.82, 2.24) is 4.90 Å². The quantitative estimate of drug-likeness (QED) is 0.0400. The Hall–Kier alpha value is -6.22. The Morgan fingerprint density at radius 3 is 2.48 bits per heavy atom. The average Bonchev–Trinajstić information content (AvgIpc) is 3.78. The largest absolute Gasteiger partial charge is 0.459 e. The highest BCUT2D eigenvalue weighted by Gasteiger charge is 2.65. The average molecular weight is 860 g/mol. The molecule has 14 heteroatoms. The zero-order valence-corrected chi connectivity index (χ0v) is 35.3. The highest BCUT2D eigenvalue weighted by molar-refractivity contribution is 6.03. The molecular formula is C49H53N3O11. The van der Waals surface area contributed by atoms with Gasteiger partial charge < -0.3 is 43.6 Å². The number of carbonyl (C=O) groups is 1. The van der Waals surface area contributed by atoms with Crippen molar-refractivity contribution >= 4 is 17.3 Å². The zero-order chi connectivity index (χ0) is 43.9. The molecule has 1 saturated carbocycles. The Balaban J connectivity index is 1.30. The molecule has 1 fully saturated rings. The van der Waals surface area contributed by atoms with Crippen LogP contribution in [0.3, 0.4) is 0 Å². The second kappa shape index (κ2) is 19.4. The van der Waals surface area contributed by atoms with Gasteiger partial charge in [-0.25, -0.2) is 0 Å². The molecule has 0 aromatic heterocycles. The predicted molar refractivity (Wildman–Crippen MR) is 234 cm³/mol. The van der Waals surface area contributed by atoms with Crippen molar-refractivity contribution in [2.75, 3.05) is 33.7 Å². The number of likely N-dealkylation sites (N-methyl/N-ethyl adjacent to an activating group) is 1. The molecule has 4 aromatic rings. The minimum Gasteiger partial charge on any atom is -0.459 e. The monoisotopic (exact) mass is 859 g/mol. The van der Waals surface area contributed by atoms with E-state index in [0.717, 1.165) is 42.4 Å². The second-order valence-electron chi connectivity index (χ2n) is 16.4. The molecule has 63 heavy (non-hydrogen) atoms. The lowest BCUT2D eigenvalue weighted by Crippen LogP contribution is -2.69. The Morgan fingerprint density at radius 2 is 1.70 bits per heavy atom. The molecule has 0 saturated heterocycles. The number of rotatable bonds is 19. The van der Waals surface area contributed by atoms with Gasteiger partial charge in [-0.2, -0.15) is 0 Å². The second-order valence-corrected chi connectivity index (χ2v) is 16.4. The number of nitrogens with zero attached hydrogens (tertiary/aromatic N) is 3. The lowest BCUT2D eigenvalue weighted by Gasteiger charge is -2.59. The van der Waals surface area contributed by atoms with E-state index in [2.05, 4.69) is 12.7 Å². The van der Waals surface area contributed by atoms with E-state index in [1.54, 1.807) is 54.4 Å². The number of fused-ring (bicyclic) bond motifs is 3. The van der Waals surface area contributed by atoms with Gasteiger partial charge in [0.25, 0.3) is 11.6 Å². The van der Waals surface area contributed by atoms with Gasteiger partial charge in [0.1, 0.15) is 29.9 Å². The summed E-state index contributed by atoms with van der Waals surface area (Å²) in [5.41, 5.74) is 3.64. The summed E-state index contributed by atoms with van der Waals surface area (Å²) in [5.74, 6) is -0.264. The molecule has 2 heterocycles. The highest BCUT2D eigenvalue weighted by Crippen LogP contribution is 2.62. The third-order valence-corrected chi connectivity index (χ3v) is 12.6. The van der Waals surface area contributed by atoms with Crippen molar-refractivity contribution < 1.29 is 48.5 Å². The number of aliphatic hydroxyl groups excluding tert-OH is 2. The van der Waals surface area contributed by atoms with Crippen molar-refractivity contribution in [1.29, 1.82) is 0 Å². The molecule has 0 spiro atoms. The van der Waals surface area contributed by atoms with E-state index in [4.69, 9.17) is 33.7 Å². The third-order valence-electron chi connectivity index (χ3n) is 12.6. The lowest BCUT2D eigenvalue weighted by atomic mass is 9.55. The summed E-state index contributed by atoms with van der Waals surface area (Å²) in [6, 6.07) is 25.7. The van der Waals surface area contributed by atoms with Gasteiger partial charge in [0.05, 0.1) is 29.2 Å². The smallest absolute Gasteiger partial charge is 0.273 e. The van der Waals surface area contributed by atoms with Gasteiger partial charge in [0, 0.05) is 49.8 Å². The van der Waals surface area contributed by atoms with Crippen molar-refractivity contribution in [3.63, 3.8) is 0 Å². The fourth-order valence-corrected chi connectivity index (χ4v) is 9.72. The minimum absolute atomic E-state index is 0.0137. The molecule has 6 atom stereocenters. The van der Waals surface area contributed by atoms with Gasteiger partial charge in [-0.3, -0.25) is 14.9 Å². The van der Waals surface area contributed by atoms with Crippen molar-refractivity contribution in [2.24, 2.45) is 22.9 Å². The summed E-state index contributed by atoms with van der Waals surface area (Å²) < 4.78 is 31.8. The molecule has 4 aliphatic rings. The molecule has 2 aliphatic carbocycles. The number of oxime groups is 1. The van der Waals surface area contributed by atoms with Crippen LogP contribution in [0.4, 0.5) is 5.69 Å². The van der Waals surface area contributed by atoms with Crippen LogP contribution in [0, 0.1) is 27.9 Å². The summed E-state index contributed by atoms with van der Waals surface area (Å²) in [6.45, 7) is 4.52. The van der Waals surface area contributed by atoms with Crippen LogP contribution < -0.4 is 18.9 Å². The maximum atomic E-state index is 14.8. The molecule has 4 aromatic carbocycles. The number of hydrogen-bond acceptors (Lipinski definition) is 12. The molecule has 8 rings (SSSR count). The van der Waals surface area contributed by atoms with Crippen LogP contribution >= 0.6 is 0 Å². The number of unbranched alkanes of at least 4 members (excludes halogenated alkanes) is 2. The SMILES string of the molecule is C=CCO[C@@]12Oc3ccc(Oc4cccc([N+](=O)[O-])c4)cc3[C@H]3[C@H](CCCCO)[C@@H](CCCCO)C=C(C(=NOCc4ccccc4)C[C@@H]1N(C)C(=O)c1ccc4c(c1)OCO4)[C@H]32. The predicted octanol–water partition coefficient (Wildman–Crippen LogP) is 8.72. The third kappa shape index (κ3) is 9.01. The van der Waals surface area contributed by atoms with Crippen LogP contribution in [0.2, 0.25) is 0 Å². The Labute approximate surface area is 366 Å². The highest BCUT2D eigenvalue weighted by atomic mass is 16.7. The zero-order valence-electron chi connectivity index (χ0n) is 35.3. The number of ether oxygens (including phenoxy) is 5. The summed E-state index contributed by atoms with van der Waals surface area (Å²) in [7, 11) is 1.75. The molecule has 1 amide bonds. The minimum atomic E-state index is -1.47. The van der Waals surface area contributed by atoms with E-state index < -0.39 is 22.7 Å². The summed E-state index contributed by atoms with van der Waals surface area (Å²) >= 11 is 0. The molecule has 2 N–H and O–H groups in total. The fraction of sp³-hybridized carbons (Fsp3) is 0.388. The molecule has 0 bridgehead atoms. The number of benzene rings is 4. The van der Waals surface area contributed by atoms with Gasteiger partial charge in [0.2, 0.25) is 12.6 Å². The van der Waals surface area contributed by atoms with E-state index in [-0.39, 0.29) is 69.0 Å². The van der Waals surface area contributed by atoms with Crippen LogP contribution in [0.15, 0.2) is 120 Å². The van der Waals surface area contributed by atoms with E-state index in [1.165, 1.54) is 12.1 Å². The van der Waals surface area contributed by atoms with Gasteiger partial charge in [-0.1, -0.05) is 66.5 Å². The van der Waals surface area contributed by atoms with Crippen LogP contribution in [-0.4, -0.2) is 77.1 Å². The summed E-state index contributed by atoms with van der Waals surface area (Å²) in [5, 5.41) is 36.4. The van der Waals surface area contributed by atoms with Crippen molar-refractivity contribution in [3.05, 3.63) is 142 Å². The van der Waals surface area contributed by atoms with Gasteiger partial charge in [0.15, 0.2) is 11.5 Å². The van der Waals surface area contributed by atoms with Gasteiger partial charge >= 0.3 is 0 Å². The molecule has 0 radical (unpaired) electrons. The van der Waals surface area contributed by atoms with Gasteiger partial charge in [-0.05, 0) is 91.1 Å². The Bertz CT molecular complexity index is 2350. The maximum Gasteiger partial charge on any atom is 0.273 e. The first-order valence-electron chi connectivity index (χ1n) is 21.6. The molecule has 2 aliphatic heterocycles. The number of carbonyl (C=O) groups excluding carboxylic acids is 1. The number of nitro benzene ring substituents is 1. The molecule has 0 unspecified atom stereocenters. The normalized spacial score (nSPS) is 23.4. The van der Waals surface area contributed by atoms with Crippen molar-refractivity contribution in [3.8, 4) is 28.7 Å². The van der Waals surface area contributed by atoms with E-state index in [1.807, 2.05) is 42.5 Å². The standard InChI is InChI=1S/C49H53N3O11/c1-3-24-60-49-45(51(2)48(55)34-18-20-43-44(26-34)59-31-58-43)29-41(50-61-30-32-12-5-4-6-13-32)39-25-33(14-7-9-22-53)38(17-8-10-23-54)46(47(39)49)40-28-37(19-21-42(40)63-49)62-36-16-11-15-35(27-36)52(56)57/h3-6,11-13,15-16,18-21,25-28,33,38,45-47,53-54H,1,7-10,14,17,22-24,29-31H2,2H3/t33-,38+,45-,46+,47+,49+/m0/s1. The van der Waals surface area contributed by atoms with E-state index in [9.17, 15) is 25.1 Å². The number of non-ortho nitro benzene ring substituents is 1. The first-order valence-corrected chi connectivity index (χ1v) is 21.6. The number of amides is 1. The van der Waals surface area contributed by atoms with Crippen LogP contribution in [-0.2, 0) is 16.2 Å². The first-order chi connectivity index (χ1) is 30.7. The molecule has 14 nitrogen and oxygen atoms in total. The van der Waals surface area contributed by atoms with Crippen molar-refractivity contribution in [2.45, 2.75) is 69.3 Å². The molecular weight excluding hydrogens is 807 g/mol. The fourth-order valence-electron chi connectivity index (χ4n) is 9.72. The van der Waals surface area contributed by atoms with E-state index in [0.29, 0.717) is 52.9 Å². The molecule has 330 valence electrons. The van der Waals surface area contributed by atoms with E-state index >= 15 is 0 Å². The Morgan fingerprint density at radius 1 is 0.937 bits per heavy atom. The summed E-state index contributed by atoms with van der Waals surface area (Å²) in [4.78, 5) is 33.8. The number of nitro groups is 1. The number of allylic oxidation sites excluding steroid dienone is 1. The topological polar surface area (TPSA) is 172 Å². The van der Waals surface area contributed by atoms with Crippen LogP contribution in [0.25, 0.3) is 0 Å². The number of hydrogen-bond donors (Lipinski definition) is 2. The number of aliphatic hydroxyl groups is 2. The van der Waals surface area contributed by atoms with Crippen LogP contribution in [0.1, 0.15) is 72.3 Å². The first kappa shape index (κ1) is 43.4. The summed E-state index contributed by atoms with van der Waals surface area (Å²) in [6.07, 6.45) is 8.48.